The molecule has 3 aromatic rings. The van der Waals surface area contributed by atoms with E-state index in [1.807, 2.05) is 13.0 Å². The van der Waals surface area contributed by atoms with Gasteiger partial charge in [-0.2, -0.15) is 0 Å². The number of methoxy groups -OCH3 is 1. The van der Waals surface area contributed by atoms with Gasteiger partial charge >= 0.3 is 6.03 Å². The fourth-order valence-corrected chi connectivity index (χ4v) is 5.92. The molecule has 2 atom stereocenters. The number of phenols is 1. The Morgan fingerprint density at radius 2 is 2.06 bits per heavy atom. The second-order valence-corrected chi connectivity index (χ2v) is 10.5. The van der Waals surface area contributed by atoms with Crippen LogP contribution in [0.3, 0.4) is 0 Å². The first-order valence-corrected chi connectivity index (χ1v) is 13.1. The minimum absolute atomic E-state index is 0.0765. The maximum absolute atomic E-state index is 13.1. The van der Waals surface area contributed by atoms with E-state index in [1.54, 1.807) is 29.2 Å². The number of hydrogen-bond donors (Lipinski definition) is 4. The van der Waals surface area contributed by atoms with Gasteiger partial charge in [-0.15, -0.1) is 0 Å². The minimum Gasteiger partial charge on any atom is -0.508 e. The lowest BCUT2D eigenvalue weighted by Gasteiger charge is -2.31. The molecular weight excluding hydrogens is 488 g/mol. The zero-order valence-corrected chi connectivity index (χ0v) is 21.1. The number of nitrogens with zero attached hydrogens (tertiary/aromatic N) is 2. The summed E-state index contributed by atoms with van der Waals surface area (Å²) >= 11 is 1.34. The Balaban J connectivity index is 1.53. The Kier molecular flexibility index (Phi) is 7.89. The van der Waals surface area contributed by atoms with Crippen molar-refractivity contribution in [1.29, 1.82) is 0 Å². The largest absolute Gasteiger partial charge is 0.508 e. The van der Waals surface area contributed by atoms with Crippen LogP contribution in [0.25, 0.3) is 10.4 Å². The van der Waals surface area contributed by atoms with Gasteiger partial charge in [0.1, 0.15) is 16.4 Å². The van der Waals surface area contributed by atoms with Gasteiger partial charge in [0.2, 0.25) is 0 Å². The van der Waals surface area contributed by atoms with Crippen LogP contribution in [0.15, 0.2) is 47.4 Å². The first kappa shape index (κ1) is 25.0. The van der Waals surface area contributed by atoms with Gasteiger partial charge in [-0.25, -0.2) is 14.0 Å². The maximum atomic E-state index is 13.1. The topological polar surface area (TPSA) is 124 Å². The fraction of sp³-hybridized carbons (Fsp3) is 0.333. The van der Waals surface area contributed by atoms with Gasteiger partial charge in [0, 0.05) is 25.4 Å². The summed E-state index contributed by atoms with van der Waals surface area (Å²) < 4.78 is 21.4. The second-order valence-electron chi connectivity index (χ2n) is 8.28. The highest BCUT2D eigenvalue weighted by molar-refractivity contribution is 7.86. The number of hydrogen-bond acceptors (Lipinski definition) is 7. The summed E-state index contributed by atoms with van der Waals surface area (Å²) in [6, 6.07) is 11.5. The summed E-state index contributed by atoms with van der Waals surface area (Å²) in [5, 5.41) is 22.3. The van der Waals surface area contributed by atoms with E-state index in [9.17, 15) is 19.2 Å². The molecule has 4 N–H and O–H groups in total. The van der Waals surface area contributed by atoms with Crippen molar-refractivity contribution < 1.29 is 24.0 Å². The first-order chi connectivity index (χ1) is 16.9. The summed E-state index contributed by atoms with van der Waals surface area (Å²) in [5.41, 5.74) is 2.13. The van der Waals surface area contributed by atoms with E-state index < -0.39 is 11.0 Å². The number of nitrogens with one attached hydrogen (secondary N) is 2. The number of amides is 2. The number of aryl methyl sites for hydroxylation is 1. The molecule has 1 saturated heterocycles. The Morgan fingerprint density at radius 1 is 1.29 bits per heavy atom. The molecular formula is C24H28N4O5S2. The van der Waals surface area contributed by atoms with Crippen molar-refractivity contribution in [1.82, 2.24) is 9.88 Å². The molecule has 0 bridgehead atoms. The third-order valence-corrected chi connectivity index (χ3v) is 8.04. The van der Waals surface area contributed by atoms with E-state index in [1.165, 1.54) is 30.6 Å². The van der Waals surface area contributed by atoms with Crippen LogP contribution < -0.4 is 14.8 Å². The van der Waals surface area contributed by atoms with Crippen molar-refractivity contribution in [3.63, 3.8) is 0 Å². The van der Waals surface area contributed by atoms with Crippen LogP contribution in [0.2, 0.25) is 0 Å². The van der Waals surface area contributed by atoms with Crippen molar-refractivity contribution in [3.05, 3.63) is 48.2 Å². The fourth-order valence-electron chi connectivity index (χ4n) is 3.94. The minimum atomic E-state index is -1.62. The highest BCUT2D eigenvalue weighted by Crippen LogP contribution is 2.36. The number of rotatable bonds is 7. The molecule has 0 spiro atoms. The molecule has 1 aliphatic rings. The highest BCUT2D eigenvalue weighted by Gasteiger charge is 2.24. The molecule has 0 aliphatic carbocycles. The number of urea groups is 1. The lowest BCUT2D eigenvalue weighted by Crippen LogP contribution is -2.43. The Bertz CT molecular complexity index is 1220. The van der Waals surface area contributed by atoms with Crippen LogP contribution in [-0.4, -0.2) is 57.1 Å². The number of piperidine rings is 1. The summed E-state index contributed by atoms with van der Waals surface area (Å²) in [7, 11) is -0.105. The monoisotopic (exact) mass is 516 g/mol. The molecule has 2 unspecified atom stereocenters. The number of likely N-dealkylation sites (tertiary alicyclic amines) is 1. The third kappa shape index (κ3) is 5.92. The van der Waals surface area contributed by atoms with Gasteiger partial charge < -0.3 is 24.6 Å². The van der Waals surface area contributed by atoms with Crippen molar-refractivity contribution >= 4 is 39.2 Å². The molecule has 4 rings (SSSR count). The zero-order chi connectivity index (χ0) is 24.9. The van der Waals surface area contributed by atoms with Gasteiger partial charge in [-0.05, 0) is 73.7 Å². The van der Waals surface area contributed by atoms with Crippen LogP contribution >= 0.6 is 11.3 Å². The predicted molar refractivity (Wildman–Crippen MR) is 137 cm³/mol. The smallest absolute Gasteiger partial charge is 0.323 e. The molecule has 1 fully saturated rings. The number of aromatic nitrogens is 1. The molecule has 2 aromatic carbocycles. The summed E-state index contributed by atoms with van der Waals surface area (Å²) in [5.74, 6) is 0.701. The van der Waals surface area contributed by atoms with Crippen LogP contribution in [0.1, 0.15) is 18.5 Å². The van der Waals surface area contributed by atoms with Crippen LogP contribution in [0, 0.1) is 12.8 Å². The third-order valence-electron chi connectivity index (χ3n) is 5.78. The lowest BCUT2D eigenvalue weighted by atomic mass is 9.99. The van der Waals surface area contributed by atoms with Crippen molar-refractivity contribution in [2.75, 3.05) is 36.8 Å². The Morgan fingerprint density at radius 3 is 2.77 bits per heavy atom. The van der Waals surface area contributed by atoms with Crippen molar-refractivity contribution in [3.8, 4) is 21.9 Å². The molecule has 1 aromatic heterocycles. The van der Waals surface area contributed by atoms with Gasteiger partial charge in [0.05, 0.1) is 17.7 Å². The van der Waals surface area contributed by atoms with Crippen LogP contribution in [-0.2, 0) is 11.0 Å². The number of benzene rings is 2. The maximum Gasteiger partial charge on any atom is 0.323 e. The van der Waals surface area contributed by atoms with Crippen molar-refractivity contribution in [2.24, 2.45) is 5.92 Å². The molecule has 35 heavy (non-hydrogen) atoms. The SMILES string of the molecule is COc1ccc(-c2sc(NC(=O)N3CCCC(CO)C3)nc2C)cc1S(=O)Nc1ccc(O)cc1. The average Bonchev–Trinajstić information content (AvgIpc) is 3.24. The number of carbonyl (C=O) groups is 1. The number of phenolic OH excluding ortho intramolecular Hbond substituents is 1. The van der Waals surface area contributed by atoms with Gasteiger partial charge in [-0.3, -0.25) is 5.32 Å². The Labute approximate surface area is 210 Å². The van der Waals surface area contributed by atoms with Crippen LogP contribution in [0.4, 0.5) is 15.6 Å². The molecule has 0 saturated carbocycles. The van der Waals surface area contributed by atoms with E-state index in [2.05, 4.69) is 15.0 Å². The number of thiazole rings is 1. The quantitative estimate of drug-likeness (QED) is 0.349. The predicted octanol–water partition coefficient (Wildman–Crippen LogP) is 4.20. The number of anilines is 2. The normalized spacial score (nSPS) is 16.5. The standard InChI is InChI=1S/C24H28N4O5S2/c1-15-22(34-23(25-15)26-24(31)28-11-3-4-16(13-28)14-29)17-5-10-20(33-2)21(12-17)35(32)27-18-6-8-19(30)9-7-18/h5-10,12,16,27,29-30H,3-4,11,13-14H2,1-2H3,(H,25,26,31). The second kappa shape index (κ2) is 11.1. The number of aliphatic hydroxyl groups is 1. The van der Waals surface area contributed by atoms with Gasteiger partial charge in [0.25, 0.3) is 0 Å². The first-order valence-electron chi connectivity index (χ1n) is 11.2. The van der Waals surface area contributed by atoms with Crippen LogP contribution in [0.5, 0.6) is 11.5 Å². The molecule has 9 nitrogen and oxygen atoms in total. The molecule has 11 heteroatoms. The van der Waals surface area contributed by atoms with E-state index in [4.69, 9.17) is 4.74 Å². The van der Waals surface area contributed by atoms with E-state index in [-0.39, 0.29) is 24.3 Å². The highest BCUT2D eigenvalue weighted by atomic mass is 32.2. The number of aliphatic hydroxyl groups excluding tert-OH is 1. The van der Waals surface area contributed by atoms with E-state index >= 15 is 0 Å². The number of carbonyl (C=O) groups excluding carboxylic acids is 1. The van der Waals surface area contributed by atoms with Crippen molar-refractivity contribution in [2.45, 2.75) is 24.7 Å². The summed E-state index contributed by atoms with van der Waals surface area (Å²) in [4.78, 5) is 20.3. The molecule has 186 valence electrons. The molecule has 0 radical (unpaired) electrons. The number of aromatic hydroxyl groups is 1. The van der Waals surface area contributed by atoms with E-state index in [0.717, 1.165) is 29.0 Å². The number of ether oxygens (including phenoxy) is 1. The molecule has 2 heterocycles. The van der Waals surface area contributed by atoms with Gasteiger partial charge in [0.15, 0.2) is 16.1 Å². The average molecular weight is 517 g/mol. The summed E-state index contributed by atoms with van der Waals surface area (Å²) in [6.45, 7) is 3.12. The lowest BCUT2D eigenvalue weighted by molar-refractivity contribution is 0.136. The zero-order valence-electron chi connectivity index (χ0n) is 19.5. The molecule has 2 amide bonds. The molecule has 1 aliphatic heterocycles. The summed E-state index contributed by atoms with van der Waals surface area (Å²) in [6.07, 6.45) is 1.79. The van der Waals surface area contributed by atoms with E-state index in [0.29, 0.717) is 34.6 Å². The van der Waals surface area contributed by atoms with Gasteiger partial charge in [-0.1, -0.05) is 11.3 Å². The Hall–Kier alpha value is -3.15.